The van der Waals surface area contributed by atoms with Gasteiger partial charge in [-0.15, -0.1) is 0 Å². The minimum Gasteiger partial charge on any atom is -0.329 e. The molecule has 2 nitrogen and oxygen atoms in total. The van der Waals surface area contributed by atoms with Gasteiger partial charge >= 0.3 is 0 Å². The predicted molar refractivity (Wildman–Crippen MR) is 57.6 cm³/mol. The highest BCUT2D eigenvalue weighted by Gasteiger charge is 2.20. The fraction of sp³-hybridized carbons (Fsp3) is 1.00. The number of hydrogen-bond donors (Lipinski definition) is 2. The van der Waals surface area contributed by atoms with Gasteiger partial charge in [-0.25, -0.2) is 0 Å². The molecule has 0 spiro atoms. The smallest absolute Gasteiger partial charge is 0.0192 e. The summed E-state index contributed by atoms with van der Waals surface area (Å²) in [7, 11) is 0. The molecule has 0 heterocycles. The molecule has 1 rings (SSSR count). The lowest BCUT2D eigenvalue weighted by atomic mass is 10.0. The molecule has 0 aliphatic heterocycles. The molecule has 0 bridgehead atoms. The van der Waals surface area contributed by atoms with Crippen molar-refractivity contribution < 1.29 is 0 Å². The van der Waals surface area contributed by atoms with Crippen LogP contribution in [0, 0.1) is 11.8 Å². The molecule has 1 atom stereocenters. The first-order valence-corrected chi connectivity index (χ1v) is 5.65. The average molecular weight is 184 g/mol. The summed E-state index contributed by atoms with van der Waals surface area (Å²) in [5, 5.41) is 3.55. The summed E-state index contributed by atoms with van der Waals surface area (Å²) in [5.41, 5.74) is 5.69. The van der Waals surface area contributed by atoms with Crippen molar-refractivity contribution >= 4 is 0 Å². The van der Waals surface area contributed by atoms with Crippen molar-refractivity contribution in [3.63, 3.8) is 0 Å². The van der Waals surface area contributed by atoms with Crippen molar-refractivity contribution in [3.8, 4) is 0 Å². The quantitative estimate of drug-likeness (QED) is 0.632. The van der Waals surface area contributed by atoms with E-state index in [9.17, 15) is 0 Å². The fourth-order valence-electron chi connectivity index (χ4n) is 1.73. The summed E-state index contributed by atoms with van der Waals surface area (Å²) in [6.07, 6.45) is 5.48. The predicted octanol–water partition coefficient (Wildman–Crippen LogP) is 1.75. The van der Waals surface area contributed by atoms with Crippen molar-refractivity contribution in [2.24, 2.45) is 17.6 Å². The third kappa shape index (κ3) is 5.27. The highest BCUT2D eigenvalue weighted by Crippen LogP contribution is 2.31. The van der Waals surface area contributed by atoms with E-state index in [-0.39, 0.29) is 0 Å². The maximum atomic E-state index is 5.69. The van der Waals surface area contributed by atoms with Crippen molar-refractivity contribution in [3.05, 3.63) is 0 Å². The summed E-state index contributed by atoms with van der Waals surface area (Å²) in [6, 6.07) is 0.541. The van der Waals surface area contributed by atoms with Gasteiger partial charge in [-0.2, -0.15) is 0 Å². The van der Waals surface area contributed by atoms with Gasteiger partial charge < -0.3 is 11.1 Å². The summed E-state index contributed by atoms with van der Waals surface area (Å²) < 4.78 is 0. The lowest BCUT2D eigenvalue weighted by Crippen LogP contribution is -2.37. The maximum Gasteiger partial charge on any atom is 0.0192 e. The first kappa shape index (κ1) is 11.0. The van der Waals surface area contributed by atoms with Crippen LogP contribution in [0.25, 0.3) is 0 Å². The molecular formula is C11H24N2. The van der Waals surface area contributed by atoms with Gasteiger partial charge in [0.25, 0.3) is 0 Å². The molecule has 1 aliphatic rings. The van der Waals surface area contributed by atoms with Gasteiger partial charge in [-0.3, -0.25) is 0 Å². The first-order chi connectivity index (χ1) is 6.22. The van der Waals surface area contributed by atoms with Crippen LogP contribution in [0.3, 0.4) is 0 Å². The van der Waals surface area contributed by atoms with Crippen molar-refractivity contribution in [2.45, 2.75) is 45.6 Å². The zero-order valence-corrected chi connectivity index (χ0v) is 9.05. The van der Waals surface area contributed by atoms with E-state index in [2.05, 4.69) is 19.2 Å². The normalized spacial score (nSPS) is 19.4. The Morgan fingerprint density at radius 3 is 2.54 bits per heavy atom. The van der Waals surface area contributed by atoms with Crippen LogP contribution in [-0.2, 0) is 0 Å². The molecule has 13 heavy (non-hydrogen) atoms. The van der Waals surface area contributed by atoms with E-state index in [1.54, 1.807) is 0 Å². The van der Waals surface area contributed by atoms with Gasteiger partial charge in [0, 0.05) is 12.6 Å². The number of nitrogens with one attached hydrogen (secondary N) is 1. The third-order valence-electron chi connectivity index (χ3n) is 2.72. The molecule has 0 aromatic carbocycles. The summed E-state index contributed by atoms with van der Waals surface area (Å²) in [6.45, 7) is 6.46. The van der Waals surface area contributed by atoms with Crippen molar-refractivity contribution in [1.82, 2.24) is 5.32 Å². The Balaban J connectivity index is 2.00. The average Bonchev–Trinajstić information content (AvgIpc) is 2.85. The molecule has 0 amide bonds. The molecule has 0 aromatic rings. The highest BCUT2D eigenvalue weighted by molar-refractivity contribution is 4.76. The van der Waals surface area contributed by atoms with Gasteiger partial charge in [-0.1, -0.05) is 26.7 Å². The molecule has 2 heteroatoms. The number of nitrogens with two attached hydrogens (primary N) is 1. The second-order valence-corrected chi connectivity index (χ2v) is 4.75. The fourth-order valence-corrected chi connectivity index (χ4v) is 1.73. The first-order valence-electron chi connectivity index (χ1n) is 5.65. The number of hydrogen-bond acceptors (Lipinski definition) is 2. The second-order valence-electron chi connectivity index (χ2n) is 4.75. The topological polar surface area (TPSA) is 38.0 Å². The SMILES string of the molecule is CC(C)CC(CN)NCCC1CC1. The molecule has 1 saturated carbocycles. The molecule has 3 N–H and O–H groups in total. The van der Waals surface area contributed by atoms with Crippen LogP contribution < -0.4 is 11.1 Å². The Labute approximate surface area is 82.3 Å². The largest absolute Gasteiger partial charge is 0.329 e. The van der Waals surface area contributed by atoms with E-state index in [0.29, 0.717) is 6.04 Å². The Kier molecular flexibility index (Phi) is 4.74. The molecule has 1 aliphatic carbocycles. The Bertz CT molecular complexity index is 130. The van der Waals surface area contributed by atoms with E-state index in [1.165, 1.54) is 32.2 Å². The van der Waals surface area contributed by atoms with Crippen LogP contribution in [-0.4, -0.2) is 19.1 Å². The van der Waals surface area contributed by atoms with E-state index >= 15 is 0 Å². The lowest BCUT2D eigenvalue weighted by Gasteiger charge is -2.18. The van der Waals surface area contributed by atoms with Crippen molar-refractivity contribution in [2.75, 3.05) is 13.1 Å². The van der Waals surface area contributed by atoms with E-state index in [0.717, 1.165) is 18.4 Å². The molecule has 1 fully saturated rings. The third-order valence-corrected chi connectivity index (χ3v) is 2.72. The van der Waals surface area contributed by atoms with Gasteiger partial charge in [0.1, 0.15) is 0 Å². The Hall–Kier alpha value is -0.0800. The minimum absolute atomic E-state index is 0.541. The van der Waals surface area contributed by atoms with Crippen LogP contribution >= 0.6 is 0 Å². The molecule has 0 aromatic heterocycles. The van der Waals surface area contributed by atoms with E-state index < -0.39 is 0 Å². The van der Waals surface area contributed by atoms with Crippen LogP contribution in [0.15, 0.2) is 0 Å². The highest BCUT2D eigenvalue weighted by atomic mass is 14.9. The van der Waals surface area contributed by atoms with Crippen LogP contribution in [0.4, 0.5) is 0 Å². The van der Waals surface area contributed by atoms with Gasteiger partial charge in [0.2, 0.25) is 0 Å². The van der Waals surface area contributed by atoms with E-state index in [1.807, 2.05) is 0 Å². The van der Waals surface area contributed by atoms with Gasteiger partial charge in [0.15, 0.2) is 0 Å². The lowest BCUT2D eigenvalue weighted by molar-refractivity contribution is 0.417. The second kappa shape index (κ2) is 5.61. The standard InChI is InChI=1S/C11H24N2/c1-9(2)7-11(8-12)13-6-5-10-3-4-10/h9-11,13H,3-8,12H2,1-2H3. The van der Waals surface area contributed by atoms with Gasteiger partial charge in [0.05, 0.1) is 0 Å². The summed E-state index contributed by atoms with van der Waals surface area (Å²) >= 11 is 0. The summed E-state index contributed by atoms with van der Waals surface area (Å²) in [5.74, 6) is 1.78. The molecule has 78 valence electrons. The molecule has 0 saturated heterocycles. The monoisotopic (exact) mass is 184 g/mol. The van der Waals surface area contributed by atoms with Gasteiger partial charge in [-0.05, 0) is 31.2 Å². The number of rotatable bonds is 7. The van der Waals surface area contributed by atoms with Crippen LogP contribution in [0.5, 0.6) is 0 Å². The Morgan fingerprint density at radius 2 is 2.08 bits per heavy atom. The zero-order valence-electron chi connectivity index (χ0n) is 9.05. The minimum atomic E-state index is 0.541. The van der Waals surface area contributed by atoms with Crippen molar-refractivity contribution in [1.29, 1.82) is 0 Å². The molecule has 1 unspecified atom stereocenters. The zero-order chi connectivity index (χ0) is 9.68. The van der Waals surface area contributed by atoms with E-state index in [4.69, 9.17) is 5.73 Å². The molecule has 0 radical (unpaired) electrons. The Morgan fingerprint density at radius 1 is 1.38 bits per heavy atom. The summed E-state index contributed by atoms with van der Waals surface area (Å²) in [4.78, 5) is 0. The molecular weight excluding hydrogens is 160 g/mol. The van der Waals surface area contributed by atoms with Crippen LogP contribution in [0.1, 0.15) is 39.5 Å². The van der Waals surface area contributed by atoms with Crippen LogP contribution in [0.2, 0.25) is 0 Å². The maximum absolute atomic E-state index is 5.69.